The summed E-state index contributed by atoms with van der Waals surface area (Å²) in [5.41, 5.74) is -0.307. The van der Waals surface area contributed by atoms with Crippen LogP contribution in [0.2, 0.25) is 5.02 Å². The second kappa shape index (κ2) is 10.4. The summed E-state index contributed by atoms with van der Waals surface area (Å²) in [4.78, 5) is 39.5. The summed E-state index contributed by atoms with van der Waals surface area (Å²) in [6, 6.07) is 8.31. The van der Waals surface area contributed by atoms with Gasteiger partial charge in [-0.05, 0) is 46.3 Å². The molecule has 1 aromatic heterocycles. The molecular weight excluding hydrogens is 538 g/mol. The van der Waals surface area contributed by atoms with E-state index in [4.69, 9.17) is 25.8 Å². The average molecular weight is 559 g/mol. The van der Waals surface area contributed by atoms with Crippen LogP contribution >= 0.6 is 38.9 Å². The molecule has 4 rings (SSSR count). The van der Waals surface area contributed by atoms with E-state index in [0.29, 0.717) is 47.8 Å². The maximum atomic E-state index is 13.1. The first kappa shape index (κ1) is 24.0. The highest BCUT2D eigenvalue weighted by Gasteiger charge is 2.44. The molecule has 1 aromatic carbocycles. The highest BCUT2D eigenvalue weighted by Crippen LogP contribution is 2.32. The number of hydrogen-bond donors (Lipinski definition) is 2. The van der Waals surface area contributed by atoms with Gasteiger partial charge in [0.25, 0.3) is 5.91 Å². The molecule has 0 radical (unpaired) electrons. The minimum atomic E-state index is -1.28. The Balaban J connectivity index is 1.45. The fourth-order valence-corrected chi connectivity index (χ4v) is 5.03. The molecule has 33 heavy (non-hydrogen) atoms. The fourth-order valence-electron chi connectivity index (χ4n) is 3.55. The van der Waals surface area contributed by atoms with E-state index in [9.17, 15) is 14.4 Å². The molecule has 9 nitrogen and oxygen atoms in total. The molecule has 2 aromatic rings. The number of anilines is 2. The van der Waals surface area contributed by atoms with Crippen LogP contribution < -0.4 is 20.3 Å². The molecular formula is C21H21BrClN3O6S. The number of hydrogen-bond acceptors (Lipinski definition) is 7. The SMILES string of the molecule is O=C(NC1(C(=O)Nc2ccc(N3CCOCCC3=O)c(Cl)c2)CCOC1)Oc1ccc(Br)s1. The molecule has 0 saturated carbocycles. The van der Waals surface area contributed by atoms with Gasteiger partial charge in [0, 0.05) is 25.3 Å². The predicted molar refractivity (Wildman–Crippen MR) is 127 cm³/mol. The van der Waals surface area contributed by atoms with Crippen molar-refractivity contribution in [3.05, 3.63) is 39.1 Å². The van der Waals surface area contributed by atoms with Crippen molar-refractivity contribution in [3.63, 3.8) is 0 Å². The van der Waals surface area contributed by atoms with Gasteiger partial charge in [0.15, 0.2) is 5.06 Å². The van der Waals surface area contributed by atoms with E-state index in [1.54, 1.807) is 35.2 Å². The summed E-state index contributed by atoms with van der Waals surface area (Å²) in [7, 11) is 0. The first-order valence-corrected chi connectivity index (χ1v) is 12.2. The van der Waals surface area contributed by atoms with Crippen LogP contribution in [0.3, 0.4) is 0 Å². The number of amides is 3. The van der Waals surface area contributed by atoms with E-state index in [1.165, 1.54) is 11.3 Å². The van der Waals surface area contributed by atoms with Crippen molar-refractivity contribution >= 4 is 68.2 Å². The highest BCUT2D eigenvalue weighted by atomic mass is 79.9. The molecule has 2 aliphatic rings. The van der Waals surface area contributed by atoms with Crippen molar-refractivity contribution < 1.29 is 28.6 Å². The minimum absolute atomic E-state index is 0.0101. The topological polar surface area (TPSA) is 106 Å². The Hall–Kier alpha value is -2.18. The van der Waals surface area contributed by atoms with Crippen molar-refractivity contribution in [1.82, 2.24) is 5.32 Å². The predicted octanol–water partition coefficient (Wildman–Crippen LogP) is 3.80. The van der Waals surface area contributed by atoms with Crippen LogP contribution in [0.15, 0.2) is 34.1 Å². The van der Waals surface area contributed by atoms with Gasteiger partial charge in [-0.25, -0.2) is 4.79 Å². The number of ether oxygens (including phenoxy) is 3. The third-order valence-electron chi connectivity index (χ3n) is 5.26. The number of rotatable bonds is 5. The van der Waals surface area contributed by atoms with Crippen LogP contribution in [0, 0.1) is 0 Å². The van der Waals surface area contributed by atoms with Crippen molar-refractivity contribution in [2.24, 2.45) is 0 Å². The first-order chi connectivity index (χ1) is 15.9. The van der Waals surface area contributed by atoms with Crippen molar-refractivity contribution in [2.75, 3.05) is 43.2 Å². The van der Waals surface area contributed by atoms with Gasteiger partial charge in [-0.3, -0.25) is 9.59 Å². The molecule has 2 fully saturated rings. The minimum Gasteiger partial charge on any atom is -0.399 e. The Morgan fingerprint density at radius 1 is 1.18 bits per heavy atom. The third kappa shape index (κ3) is 5.67. The van der Waals surface area contributed by atoms with Crippen LogP contribution in [0.1, 0.15) is 12.8 Å². The van der Waals surface area contributed by atoms with E-state index in [1.807, 2.05) is 0 Å². The standard InChI is InChI=1S/C21H21BrClN3O6S/c22-16-3-4-18(33-16)32-20(29)25-21(6-9-31-12-21)19(28)24-13-1-2-15(14(23)11-13)26-7-10-30-8-5-17(26)27/h1-4,11H,5-10,12H2,(H,24,28)(H,25,29). The lowest BCUT2D eigenvalue weighted by Crippen LogP contribution is -2.58. The molecule has 2 N–H and O–H groups in total. The Bertz CT molecular complexity index is 1060. The number of benzene rings is 1. The normalized spacial score (nSPS) is 20.9. The van der Waals surface area contributed by atoms with Gasteiger partial charge in [0.1, 0.15) is 5.54 Å². The van der Waals surface area contributed by atoms with Gasteiger partial charge < -0.3 is 29.7 Å². The van der Waals surface area contributed by atoms with Crippen LogP contribution in [0.5, 0.6) is 5.06 Å². The zero-order valence-electron chi connectivity index (χ0n) is 17.4. The summed E-state index contributed by atoms with van der Waals surface area (Å²) < 4.78 is 16.8. The van der Waals surface area contributed by atoms with Gasteiger partial charge in [-0.2, -0.15) is 0 Å². The highest BCUT2D eigenvalue weighted by molar-refractivity contribution is 9.11. The maximum absolute atomic E-state index is 13.1. The van der Waals surface area contributed by atoms with Gasteiger partial charge >= 0.3 is 6.09 Å². The lowest BCUT2D eigenvalue weighted by molar-refractivity contribution is -0.122. The molecule has 0 spiro atoms. The van der Waals surface area contributed by atoms with Crippen LogP contribution in [0.4, 0.5) is 16.2 Å². The molecule has 2 aliphatic heterocycles. The summed E-state index contributed by atoms with van der Waals surface area (Å²) in [6.07, 6.45) is -0.183. The molecule has 1 unspecified atom stereocenters. The van der Waals surface area contributed by atoms with Crippen LogP contribution in [-0.4, -0.2) is 56.4 Å². The van der Waals surface area contributed by atoms with Gasteiger partial charge in [0.05, 0.1) is 40.7 Å². The largest absolute Gasteiger partial charge is 0.414 e. The van der Waals surface area contributed by atoms with Crippen molar-refractivity contribution in [2.45, 2.75) is 18.4 Å². The molecule has 1 atom stereocenters. The molecule has 12 heteroatoms. The van der Waals surface area contributed by atoms with Crippen molar-refractivity contribution in [3.8, 4) is 5.06 Å². The first-order valence-electron chi connectivity index (χ1n) is 10.2. The zero-order valence-corrected chi connectivity index (χ0v) is 20.6. The van der Waals surface area contributed by atoms with E-state index in [-0.39, 0.29) is 25.4 Å². The number of halogens is 2. The van der Waals surface area contributed by atoms with Crippen LogP contribution in [-0.2, 0) is 19.1 Å². The van der Waals surface area contributed by atoms with Crippen molar-refractivity contribution in [1.29, 1.82) is 0 Å². The van der Waals surface area contributed by atoms with E-state index in [0.717, 1.165) is 3.79 Å². The van der Waals surface area contributed by atoms with E-state index in [2.05, 4.69) is 26.6 Å². The smallest absolute Gasteiger partial charge is 0.399 e. The van der Waals surface area contributed by atoms with Gasteiger partial charge in [0.2, 0.25) is 5.91 Å². The zero-order chi connectivity index (χ0) is 23.4. The number of nitrogens with zero attached hydrogens (tertiary/aromatic N) is 1. The van der Waals surface area contributed by atoms with E-state index < -0.39 is 17.5 Å². The summed E-state index contributed by atoms with van der Waals surface area (Å²) >= 11 is 11.0. The second-order valence-electron chi connectivity index (χ2n) is 7.49. The fraction of sp³-hybridized carbons (Fsp3) is 0.381. The monoisotopic (exact) mass is 557 g/mol. The van der Waals surface area contributed by atoms with Gasteiger partial charge in [-0.15, -0.1) is 0 Å². The summed E-state index contributed by atoms with van der Waals surface area (Å²) in [5, 5.41) is 6.15. The maximum Gasteiger partial charge on any atom is 0.414 e. The van der Waals surface area contributed by atoms with E-state index >= 15 is 0 Å². The summed E-state index contributed by atoms with van der Waals surface area (Å²) in [5.74, 6) is -0.527. The molecule has 0 bridgehead atoms. The third-order valence-corrected chi connectivity index (χ3v) is 7.06. The molecule has 176 valence electrons. The number of carbonyl (C=O) groups is 3. The quantitative estimate of drug-likeness (QED) is 0.578. The molecule has 3 amide bonds. The number of nitrogens with one attached hydrogen (secondary N) is 2. The Morgan fingerprint density at radius 2 is 2.03 bits per heavy atom. The Labute approximate surface area is 207 Å². The Kier molecular flexibility index (Phi) is 7.55. The lowest BCUT2D eigenvalue weighted by atomic mass is 9.97. The molecule has 3 heterocycles. The number of thiophene rings is 1. The lowest BCUT2D eigenvalue weighted by Gasteiger charge is -2.27. The second-order valence-corrected chi connectivity index (χ2v) is 10.3. The number of carbonyl (C=O) groups excluding carboxylic acids is 3. The van der Waals surface area contributed by atoms with Crippen LogP contribution in [0.25, 0.3) is 0 Å². The molecule has 0 aliphatic carbocycles. The average Bonchev–Trinajstić information content (AvgIpc) is 3.35. The molecule has 2 saturated heterocycles. The summed E-state index contributed by atoms with van der Waals surface area (Å²) in [6.45, 7) is 1.53. The van der Waals surface area contributed by atoms with Gasteiger partial charge in [-0.1, -0.05) is 22.9 Å². The Morgan fingerprint density at radius 3 is 2.73 bits per heavy atom.